The zero-order chi connectivity index (χ0) is 21.1. The smallest absolute Gasteiger partial charge is 0.244 e. The summed E-state index contributed by atoms with van der Waals surface area (Å²) in [5.74, 6) is 0.219. The third kappa shape index (κ3) is 4.27. The molecule has 4 aromatic rings. The molecule has 2 aromatic heterocycles. The number of H-pyrrole nitrogens is 1. The van der Waals surface area contributed by atoms with Gasteiger partial charge in [-0.3, -0.25) is 4.79 Å². The third-order valence-electron chi connectivity index (χ3n) is 4.65. The molecule has 3 N–H and O–H groups in total. The molecule has 1 amide bonds. The number of hydrogen-bond acceptors (Lipinski definition) is 5. The second kappa shape index (κ2) is 8.13. The maximum Gasteiger partial charge on any atom is 0.244 e. The van der Waals surface area contributed by atoms with Crippen LogP contribution in [0, 0.1) is 6.92 Å². The number of amides is 1. The van der Waals surface area contributed by atoms with Gasteiger partial charge in [-0.2, -0.15) is 4.72 Å². The van der Waals surface area contributed by atoms with Crippen LogP contribution in [0.15, 0.2) is 76.3 Å². The van der Waals surface area contributed by atoms with Crippen molar-refractivity contribution < 1.29 is 17.7 Å². The highest BCUT2D eigenvalue weighted by atomic mass is 32.2. The van der Waals surface area contributed by atoms with Crippen molar-refractivity contribution >= 4 is 32.7 Å². The topological polar surface area (TPSA) is 117 Å². The van der Waals surface area contributed by atoms with Crippen molar-refractivity contribution in [2.75, 3.05) is 5.32 Å². The lowest BCUT2D eigenvalue weighted by Crippen LogP contribution is -2.45. The van der Waals surface area contributed by atoms with Crippen molar-refractivity contribution in [1.82, 2.24) is 14.9 Å². The minimum Gasteiger partial charge on any atom is -0.361 e. The standard InChI is InChI=1S/C21H20N4O4S/c1-14-11-20(24-29-14)23-21(26)19(25-30(27,28)16-7-3-2-4-8-16)12-15-13-22-18-10-6-5-9-17(15)18/h2-11,13,19,22,25H,12H2,1H3,(H,23,24,26)/t19-/m0/s1. The minimum atomic E-state index is -3.91. The van der Waals surface area contributed by atoms with E-state index in [4.69, 9.17) is 4.52 Å². The predicted molar refractivity (Wildman–Crippen MR) is 112 cm³/mol. The van der Waals surface area contributed by atoms with E-state index in [1.165, 1.54) is 12.1 Å². The van der Waals surface area contributed by atoms with E-state index >= 15 is 0 Å². The zero-order valence-corrected chi connectivity index (χ0v) is 16.9. The first-order valence-corrected chi connectivity index (χ1v) is 10.8. The van der Waals surface area contributed by atoms with Gasteiger partial charge in [0.25, 0.3) is 0 Å². The number of carbonyl (C=O) groups is 1. The lowest BCUT2D eigenvalue weighted by Gasteiger charge is -2.18. The number of nitrogens with zero attached hydrogens (tertiary/aromatic N) is 1. The average molecular weight is 424 g/mol. The van der Waals surface area contributed by atoms with Gasteiger partial charge < -0.3 is 14.8 Å². The number of para-hydroxylation sites is 1. The quantitative estimate of drug-likeness (QED) is 0.422. The summed E-state index contributed by atoms with van der Waals surface area (Å²) in [6.45, 7) is 1.70. The Morgan fingerprint density at radius 3 is 2.60 bits per heavy atom. The Morgan fingerprint density at radius 1 is 1.13 bits per heavy atom. The predicted octanol–water partition coefficient (Wildman–Crippen LogP) is 2.99. The first-order valence-electron chi connectivity index (χ1n) is 9.29. The molecule has 9 heteroatoms. The van der Waals surface area contributed by atoms with Crippen LogP contribution < -0.4 is 10.0 Å². The van der Waals surface area contributed by atoms with Crippen LogP contribution in [0.3, 0.4) is 0 Å². The number of nitrogens with one attached hydrogen (secondary N) is 3. The average Bonchev–Trinajstić information content (AvgIpc) is 3.34. The first kappa shape index (κ1) is 19.9. The maximum atomic E-state index is 13.0. The zero-order valence-electron chi connectivity index (χ0n) is 16.1. The molecule has 4 rings (SSSR count). The minimum absolute atomic E-state index is 0.0824. The number of sulfonamides is 1. The van der Waals surface area contributed by atoms with Gasteiger partial charge in [-0.1, -0.05) is 41.6 Å². The normalized spacial score (nSPS) is 12.7. The molecule has 8 nitrogen and oxygen atoms in total. The summed E-state index contributed by atoms with van der Waals surface area (Å²) in [4.78, 5) is 16.2. The molecule has 30 heavy (non-hydrogen) atoms. The number of benzene rings is 2. The van der Waals surface area contributed by atoms with Gasteiger partial charge in [-0.25, -0.2) is 8.42 Å². The number of hydrogen-bond donors (Lipinski definition) is 3. The highest BCUT2D eigenvalue weighted by Gasteiger charge is 2.27. The second-order valence-electron chi connectivity index (χ2n) is 6.86. The molecule has 1 atom stereocenters. The van der Waals surface area contributed by atoms with E-state index in [1.807, 2.05) is 24.3 Å². The van der Waals surface area contributed by atoms with Crippen molar-refractivity contribution in [2.45, 2.75) is 24.3 Å². The van der Waals surface area contributed by atoms with Crippen LogP contribution in [-0.4, -0.2) is 30.5 Å². The van der Waals surface area contributed by atoms with Gasteiger partial charge in [-0.05, 0) is 37.1 Å². The van der Waals surface area contributed by atoms with Gasteiger partial charge in [0.1, 0.15) is 11.8 Å². The number of anilines is 1. The molecule has 0 radical (unpaired) electrons. The molecule has 0 aliphatic carbocycles. The number of aromatic nitrogens is 2. The Hall–Kier alpha value is -3.43. The van der Waals surface area contributed by atoms with Gasteiger partial charge in [0.05, 0.1) is 4.90 Å². The van der Waals surface area contributed by atoms with Gasteiger partial charge in [0.15, 0.2) is 5.82 Å². The van der Waals surface area contributed by atoms with Crippen LogP contribution >= 0.6 is 0 Å². The molecule has 2 heterocycles. The van der Waals surface area contributed by atoms with Gasteiger partial charge in [0.2, 0.25) is 15.9 Å². The molecule has 2 aromatic carbocycles. The Morgan fingerprint density at radius 2 is 1.87 bits per heavy atom. The molecular weight excluding hydrogens is 404 g/mol. The van der Waals surface area contributed by atoms with Crippen molar-refractivity contribution in [3.05, 3.63) is 78.2 Å². The SMILES string of the molecule is Cc1cc(NC(=O)[C@H](Cc2c[nH]c3ccccc23)NS(=O)(=O)c2ccccc2)no1. The highest BCUT2D eigenvalue weighted by molar-refractivity contribution is 7.89. The number of aromatic amines is 1. The molecule has 154 valence electrons. The number of fused-ring (bicyclic) bond motifs is 1. The largest absolute Gasteiger partial charge is 0.361 e. The van der Waals surface area contributed by atoms with E-state index in [0.29, 0.717) is 5.76 Å². The monoisotopic (exact) mass is 424 g/mol. The highest BCUT2D eigenvalue weighted by Crippen LogP contribution is 2.20. The van der Waals surface area contributed by atoms with Gasteiger partial charge >= 0.3 is 0 Å². The van der Waals surface area contributed by atoms with Crippen LogP contribution in [0.25, 0.3) is 10.9 Å². The molecule has 0 bridgehead atoms. The molecular formula is C21H20N4O4S. The van der Waals surface area contributed by atoms with Gasteiger partial charge in [0, 0.05) is 23.2 Å². The Labute approximate surface area is 173 Å². The van der Waals surface area contributed by atoms with E-state index in [0.717, 1.165) is 16.5 Å². The molecule has 0 spiro atoms. The fourth-order valence-corrected chi connectivity index (χ4v) is 4.42. The van der Waals surface area contributed by atoms with Crippen LogP contribution in [0.4, 0.5) is 5.82 Å². The summed E-state index contributed by atoms with van der Waals surface area (Å²) in [5.41, 5.74) is 1.72. The lowest BCUT2D eigenvalue weighted by molar-refractivity contribution is -0.117. The van der Waals surface area contributed by atoms with Crippen molar-refractivity contribution in [2.24, 2.45) is 0 Å². The van der Waals surface area contributed by atoms with E-state index < -0.39 is 22.0 Å². The Kier molecular flexibility index (Phi) is 5.39. The van der Waals surface area contributed by atoms with Crippen molar-refractivity contribution in [3.8, 4) is 0 Å². The lowest BCUT2D eigenvalue weighted by atomic mass is 10.1. The number of rotatable bonds is 7. The van der Waals surface area contributed by atoms with Crippen LogP contribution in [0.1, 0.15) is 11.3 Å². The molecule has 0 unspecified atom stereocenters. The van der Waals surface area contributed by atoms with Crippen molar-refractivity contribution in [3.63, 3.8) is 0 Å². The fourth-order valence-electron chi connectivity index (χ4n) is 3.20. The number of carbonyl (C=O) groups excluding carboxylic acids is 1. The van der Waals surface area contributed by atoms with E-state index in [1.54, 1.807) is 37.4 Å². The summed E-state index contributed by atoms with van der Waals surface area (Å²) >= 11 is 0. The van der Waals surface area contributed by atoms with Crippen LogP contribution in [-0.2, 0) is 21.2 Å². The molecule has 0 saturated carbocycles. The summed E-state index contributed by atoms with van der Waals surface area (Å²) in [5, 5.41) is 7.29. The van der Waals surface area contributed by atoms with Gasteiger partial charge in [-0.15, -0.1) is 0 Å². The van der Waals surface area contributed by atoms with Crippen LogP contribution in [0.2, 0.25) is 0 Å². The Balaban J connectivity index is 1.64. The van der Waals surface area contributed by atoms with Crippen molar-refractivity contribution in [1.29, 1.82) is 0 Å². The molecule has 0 saturated heterocycles. The van der Waals surface area contributed by atoms with E-state index in [-0.39, 0.29) is 17.1 Å². The third-order valence-corrected chi connectivity index (χ3v) is 6.13. The fraction of sp³-hybridized carbons (Fsp3) is 0.143. The molecule has 0 aliphatic rings. The molecule has 0 aliphatic heterocycles. The van der Waals surface area contributed by atoms with Crippen LogP contribution in [0.5, 0.6) is 0 Å². The first-order chi connectivity index (χ1) is 14.4. The maximum absolute atomic E-state index is 13.0. The number of aryl methyl sites for hydroxylation is 1. The molecule has 0 fully saturated rings. The second-order valence-corrected chi connectivity index (χ2v) is 8.58. The summed E-state index contributed by atoms with van der Waals surface area (Å²) in [6.07, 6.45) is 1.93. The van der Waals surface area contributed by atoms with E-state index in [2.05, 4.69) is 20.2 Å². The summed E-state index contributed by atoms with van der Waals surface area (Å²) in [7, 11) is -3.91. The van der Waals surface area contributed by atoms with E-state index in [9.17, 15) is 13.2 Å². The summed E-state index contributed by atoms with van der Waals surface area (Å²) < 4.78 is 33.2. The Bertz CT molecular complexity index is 1280. The summed E-state index contributed by atoms with van der Waals surface area (Å²) in [6, 6.07) is 16.1.